The number of hydrogen-bond donors (Lipinski definition) is 2. The third-order valence-electron chi connectivity index (χ3n) is 2.28. The lowest BCUT2D eigenvalue weighted by Crippen LogP contribution is -2.50. The van der Waals surface area contributed by atoms with Crippen LogP contribution in [0.25, 0.3) is 0 Å². The second kappa shape index (κ2) is 2.89. The van der Waals surface area contributed by atoms with Crippen molar-refractivity contribution in [3.05, 3.63) is 0 Å². The molecule has 1 rings (SSSR count). The zero-order chi connectivity index (χ0) is 7.61. The standard InChI is InChI=1S/C8H17NO/c1-7(10)6-9-8(2)4-3-5-8/h7,9-10H,3-6H2,1-2H3. The first kappa shape index (κ1) is 8.02. The molecule has 2 nitrogen and oxygen atoms in total. The van der Waals surface area contributed by atoms with Crippen LogP contribution in [0.3, 0.4) is 0 Å². The van der Waals surface area contributed by atoms with E-state index in [1.807, 2.05) is 6.92 Å². The van der Waals surface area contributed by atoms with E-state index in [4.69, 9.17) is 5.11 Å². The summed E-state index contributed by atoms with van der Waals surface area (Å²) in [6.07, 6.45) is 3.65. The van der Waals surface area contributed by atoms with Gasteiger partial charge in [-0.1, -0.05) is 0 Å². The number of rotatable bonds is 3. The van der Waals surface area contributed by atoms with Gasteiger partial charge < -0.3 is 10.4 Å². The monoisotopic (exact) mass is 143 g/mol. The second-order valence-corrected chi connectivity index (χ2v) is 3.64. The van der Waals surface area contributed by atoms with Crippen LogP contribution in [0.2, 0.25) is 0 Å². The van der Waals surface area contributed by atoms with Gasteiger partial charge in [-0.25, -0.2) is 0 Å². The van der Waals surface area contributed by atoms with Crippen LogP contribution in [0.4, 0.5) is 0 Å². The van der Waals surface area contributed by atoms with E-state index in [0.29, 0.717) is 5.54 Å². The molecule has 1 aliphatic carbocycles. The second-order valence-electron chi connectivity index (χ2n) is 3.64. The van der Waals surface area contributed by atoms with E-state index in [-0.39, 0.29) is 6.10 Å². The largest absolute Gasteiger partial charge is 0.392 e. The Kier molecular flexibility index (Phi) is 2.32. The van der Waals surface area contributed by atoms with E-state index in [1.54, 1.807) is 0 Å². The van der Waals surface area contributed by atoms with E-state index in [1.165, 1.54) is 19.3 Å². The van der Waals surface area contributed by atoms with Crippen LogP contribution in [-0.2, 0) is 0 Å². The molecule has 0 bridgehead atoms. The van der Waals surface area contributed by atoms with Gasteiger partial charge in [-0.05, 0) is 33.1 Å². The predicted octanol–water partition coefficient (Wildman–Crippen LogP) is 0.899. The van der Waals surface area contributed by atoms with Crippen molar-refractivity contribution in [2.75, 3.05) is 6.54 Å². The lowest BCUT2D eigenvalue weighted by molar-refractivity contribution is 0.143. The molecular formula is C8H17NO. The minimum Gasteiger partial charge on any atom is -0.392 e. The lowest BCUT2D eigenvalue weighted by atomic mass is 9.78. The number of aliphatic hydroxyl groups excluding tert-OH is 1. The Morgan fingerprint density at radius 2 is 2.20 bits per heavy atom. The topological polar surface area (TPSA) is 32.3 Å². The minimum atomic E-state index is -0.211. The molecule has 1 unspecified atom stereocenters. The Morgan fingerprint density at radius 1 is 1.60 bits per heavy atom. The summed E-state index contributed by atoms with van der Waals surface area (Å²) >= 11 is 0. The molecule has 1 atom stereocenters. The first-order valence-electron chi connectivity index (χ1n) is 4.05. The van der Waals surface area contributed by atoms with Crippen LogP contribution >= 0.6 is 0 Å². The first-order chi connectivity index (χ1) is 4.62. The van der Waals surface area contributed by atoms with Crippen molar-refractivity contribution in [3.8, 4) is 0 Å². The van der Waals surface area contributed by atoms with Gasteiger partial charge in [0.2, 0.25) is 0 Å². The number of hydrogen-bond acceptors (Lipinski definition) is 2. The average molecular weight is 143 g/mol. The minimum absolute atomic E-state index is 0.211. The molecule has 0 aromatic heterocycles. The van der Waals surface area contributed by atoms with Gasteiger partial charge in [-0.3, -0.25) is 0 Å². The molecular weight excluding hydrogens is 126 g/mol. The summed E-state index contributed by atoms with van der Waals surface area (Å²) in [5, 5.41) is 12.3. The van der Waals surface area contributed by atoms with Gasteiger partial charge in [-0.2, -0.15) is 0 Å². The highest BCUT2D eigenvalue weighted by Gasteiger charge is 2.30. The highest BCUT2D eigenvalue weighted by atomic mass is 16.3. The van der Waals surface area contributed by atoms with Crippen LogP contribution in [0.5, 0.6) is 0 Å². The molecule has 0 aromatic rings. The number of β-amino-alcohol motifs (C(OH)–C–C–N with tert-alkyl or cyclic N) is 1. The quantitative estimate of drug-likeness (QED) is 0.615. The molecule has 0 aromatic carbocycles. The Balaban J connectivity index is 2.12. The van der Waals surface area contributed by atoms with E-state index in [9.17, 15) is 0 Å². The van der Waals surface area contributed by atoms with Crippen molar-refractivity contribution >= 4 is 0 Å². The van der Waals surface area contributed by atoms with Gasteiger partial charge in [0.1, 0.15) is 0 Å². The summed E-state index contributed by atoms with van der Waals surface area (Å²) in [7, 11) is 0. The molecule has 0 spiro atoms. The van der Waals surface area contributed by atoms with Gasteiger partial charge in [0.05, 0.1) is 6.10 Å². The molecule has 0 heterocycles. The van der Waals surface area contributed by atoms with Crippen molar-refractivity contribution in [3.63, 3.8) is 0 Å². The van der Waals surface area contributed by atoms with E-state index >= 15 is 0 Å². The van der Waals surface area contributed by atoms with Crippen molar-refractivity contribution in [2.24, 2.45) is 0 Å². The zero-order valence-corrected chi connectivity index (χ0v) is 6.85. The highest BCUT2D eigenvalue weighted by Crippen LogP contribution is 2.30. The fourth-order valence-corrected chi connectivity index (χ4v) is 1.28. The SMILES string of the molecule is CC(O)CNC1(C)CCC1. The van der Waals surface area contributed by atoms with Crippen molar-refractivity contribution in [2.45, 2.75) is 44.8 Å². The van der Waals surface area contributed by atoms with Crippen LogP contribution in [0.1, 0.15) is 33.1 Å². The van der Waals surface area contributed by atoms with Crippen molar-refractivity contribution < 1.29 is 5.11 Å². The predicted molar refractivity (Wildman–Crippen MR) is 41.9 cm³/mol. The molecule has 0 saturated heterocycles. The average Bonchev–Trinajstić information content (AvgIpc) is 1.79. The van der Waals surface area contributed by atoms with E-state index in [0.717, 1.165) is 6.54 Å². The zero-order valence-electron chi connectivity index (χ0n) is 6.85. The van der Waals surface area contributed by atoms with Gasteiger partial charge in [-0.15, -0.1) is 0 Å². The van der Waals surface area contributed by atoms with Gasteiger partial charge in [0.15, 0.2) is 0 Å². The van der Waals surface area contributed by atoms with Crippen molar-refractivity contribution in [1.82, 2.24) is 5.32 Å². The molecule has 0 aliphatic heterocycles. The molecule has 1 fully saturated rings. The smallest absolute Gasteiger partial charge is 0.0636 e. The van der Waals surface area contributed by atoms with Gasteiger partial charge >= 0.3 is 0 Å². The van der Waals surface area contributed by atoms with Crippen molar-refractivity contribution in [1.29, 1.82) is 0 Å². The Bertz CT molecular complexity index is 108. The summed E-state index contributed by atoms with van der Waals surface area (Å²) < 4.78 is 0. The molecule has 2 heteroatoms. The molecule has 0 radical (unpaired) electrons. The summed E-state index contributed by atoms with van der Waals surface area (Å²) in [5.74, 6) is 0. The first-order valence-corrected chi connectivity index (χ1v) is 4.05. The third kappa shape index (κ3) is 1.96. The number of nitrogens with one attached hydrogen (secondary N) is 1. The van der Waals surface area contributed by atoms with Gasteiger partial charge in [0.25, 0.3) is 0 Å². The molecule has 1 aliphatic rings. The van der Waals surface area contributed by atoms with Crippen LogP contribution in [0.15, 0.2) is 0 Å². The van der Waals surface area contributed by atoms with E-state index in [2.05, 4.69) is 12.2 Å². The fourth-order valence-electron chi connectivity index (χ4n) is 1.28. The number of aliphatic hydroxyl groups is 1. The summed E-state index contributed by atoms with van der Waals surface area (Å²) in [4.78, 5) is 0. The molecule has 0 amide bonds. The van der Waals surface area contributed by atoms with Gasteiger partial charge in [0, 0.05) is 12.1 Å². The Hall–Kier alpha value is -0.0800. The maximum Gasteiger partial charge on any atom is 0.0636 e. The normalized spacial score (nSPS) is 25.5. The molecule has 2 N–H and O–H groups in total. The Morgan fingerprint density at radius 3 is 2.50 bits per heavy atom. The third-order valence-corrected chi connectivity index (χ3v) is 2.28. The Labute approximate surface area is 62.6 Å². The molecule has 1 saturated carbocycles. The van der Waals surface area contributed by atoms with Crippen LogP contribution in [0, 0.1) is 0 Å². The molecule has 10 heavy (non-hydrogen) atoms. The molecule has 60 valence electrons. The highest BCUT2D eigenvalue weighted by molar-refractivity contribution is 4.91. The summed E-state index contributed by atoms with van der Waals surface area (Å²) in [6.45, 7) is 4.77. The maximum absolute atomic E-state index is 8.97. The summed E-state index contributed by atoms with van der Waals surface area (Å²) in [5.41, 5.74) is 0.344. The fraction of sp³-hybridized carbons (Fsp3) is 1.00. The van der Waals surface area contributed by atoms with Crippen LogP contribution < -0.4 is 5.32 Å². The lowest BCUT2D eigenvalue weighted by Gasteiger charge is -2.39. The van der Waals surface area contributed by atoms with Crippen LogP contribution in [-0.4, -0.2) is 23.3 Å². The maximum atomic E-state index is 8.97. The summed E-state index contributed by atoms with van der Waals surface area (Å²) in [6, 6.07) is 0. The van der Waals surface area contributed by atoms with E-state index < -0.39 is 0 Å².